The zero-order valence-corrected chi connectivity index (χ0v) is 6.99. The van der Waals surface area contributed by atoms with Crippen molar-refractivity contribution < 1.29 is 0 Å². The van der Waals surface area contributed by atoms with Crippen LogP contribution in [0.2, 0.25) is 0 Å². The summed E-state index contributed by atoms with van der Waals surface area (Å²) >= 11 is 0. The van der Waals surface area contributed by atoms with Crippen molar-refractivity contribution in [2.75, 3.05) is 5.73 Å². The molecule has 0 aromatic heterocycles. The highest BCUT2D eigenvalue weighted by Gasteiger charge is 2.39. The second-order valence-corrected chi connectivity index (χ2v) is 2.99. The maximum Gasteiger partial charge on any atom is 0.215 e. The summed E-state index contributed by atoms with van der Waals surface area (Å²) in [6.45, 7) is 2.08. The van der Waals surface area contributed by atoms with Crippen molar-refractivity contribution >= 4 is 5.69 Å². The molecule has 0 spiro atoms. The molecular weight excluding hydrogens is 150 g/mol. The SMILES string of the molecule is CCC1(c2ccc(N)cc2)N=N1. The summed E-state index contributed by atoms with van der Waals surface area (Å²) in [5, 5.41) is 8.07. The summed E-state index contributed by atoms with van der Waals surface area (Å²) in [6.07, 6.45) is 0.927. The molecule has 2 N–H and O–H groups in total. The lowest BCUT2D eigenvalue weighted by atomic mass is 10.0. The minimum absolute atomic E-state index is 0.228. The van der Waals surface area contributed by atoms with E-state index in [1.165, 1.54) is 0 Å². The molecule has 0 bridgehead atoms. The van der Waals surface area contributed by atoms with Gasteiger partial charge in [0, 0.05) is 11.3 Å². The van der Waals surface area contributed by atoms with Gasteiger partial charge in [0.2, 0.25) is 5.66 Å². The highest BCUT2D eigenvalue weighted by Crippen LogP contribution is 2.42. The maximum absolute atomic E-state index is 5.57. The van der Waals surface area contributed by atoms with E-state index in [0.29, 0.717) is 0 Å². The Hall–Kier alpha value is -1.38. The summed E-state index contributed by atoms with van der Waals surface area (Å²) < 4.78 is 0. The van der Waals surface area contributed by atoms with Gasteiger partial charge in [-0.2, -0.15) is 10.2 Å². The van der Waals surface area contributed by atoms with E-state index in [0.717, 1.165) is 17.7 Å². The molecule has 0 saturated carbocycles. The van der Waals surface area contributed by atoms with E-state index in [1.807, 2.05) is 24.3 Å². The lowest BCUT2D eigenvalue weighted by molar-refractivity contribution is 0.618. The van der Waals surface area contributed by atoms with Gasteiger partial charge in [0.1, 0.15) is 0 Å². The van der Waals surface area contributed by atoms with Crippen molar-refractivity contribution in [1.82, 2.24) is 0 Å². The Labute approximate surface area is 71.3 Å². The van der Waals surface area contributed by atoms with Crippen LogP contribution in [0.5, 0.6) is 0 Å². The van der Waals surface area contributed by atoms with E-state index in [1.54, 1.807) is 0 Å². The van der Waals surface area contributed by atoms with E-state index in [-0.39, 0.29) is 5.66 Å². The summed E-state index contributed by atoms with van der Waals surface area (Å²) in [5.41, 5.74) is 7.26. The van der Waals surface area contributed by atoms with Gasteiger partial charge in [0.25, 0.3) is 0 Å². The first-order valence-electron chi connectivity index (χ1n) is 4.07. The first-order valence-corrected chi connectivity index (χ1v) is 4.07. The number of rotatable bonds is 2. The van der Waals surface area contributed by atoms with Crippen LogP contribution in [0, 0.1) is 0 Å². The lowest BCUT2D eigenvalue weighted by Gasteiger charge is -2.06. The summed E-state index contributed by atoms with van der Waals surface area (Å²) in [4.78, 5) is 0. The highest BCUT2D eigenvalue weighted by molar-refractivity contribution is 5.42. The molecule has 3 nitrogen and oxygen atoms in total. The molecule has 1 aromatic rings. The van der Waals surface area contributed by atoms with Gasteiger partial charge in [-0.15, -0.1) is 0 Å². The molecule has 1 aliphatic heterocycles. The van der Waals surface area contributed by atoms with Crippen LogP contribution in [0.15, 0.2) is 34.5 Å². The van der Waals surface area contributed by atoms with Crippen LogP contribution in [0.3, 0.4) is 0 Å². The molecule has 62 valence electrons. The Morgan fingerprint density at radius 2 is 1.83 bits per heavy atom. The van der Waals surface area contributed by atoms with Crippen molar-refractivity contribution in [3.63, 3.8) is 0 Å². The normalized spacial score (nSPS) is 17.8. The van der Waals surface area contributed by atoms with Gasteiger partial charge in [0.05, 0.1) is 0 Å². The molecule has 0 fully saturated rings. The van der Waals surface area contributed by atoms with Crippen molar-refractivity contribution in [1.29, 1.82) is 0 Å². The van der Waals surface area contributed by atoms with Crippen LogP contribution in [0.25, 0.3) is 0 Å². The van der Waals surface area contributed by atoms with Crippen LogP contribution in [0.1, 0.15) is 18.9 Å². The van der Waals surface area contributed by atoms with Crippen LogP contribution in [-0.2, 0) is 5.66 Å². The fourth-order valence-corrected chi connectivity index (χ4v) is 1.27. The van der Waals surface area contributed by atoms with E-state index >= 15 is 0 Å². The van der Waals surface area contributed by atoms with Crippen LogP contribution in [0.4, 0.5) is 5.69 Å². The van der Waals surface area contributed by atoms with Gasteiger partial charge in [-0.3, -0.25) is 0 Å². The Bertz CT molecular complexity index is 307. The summed E-state index contributed by atoms with van der Waals surface area (Å²) in [7, 11) is 0. The first-order chi connectivity index (χ1) is 5.77. The topological polar surface area (TPSA) is 50.7 Å². The number of nitrogen functional groups attached to an aromatic ring is 1. The molecule has 0 atom stereocenters. The van der Waals surface area contributed by atoms with Crippen molar-refractivity contribution in [2.45, 2.75) is 19.0 Å². The average molecular weight is 161 g/mol. The Morgan fingerprint density at radius 1 is 1.25 bits per heavy atom. The fourth-order valence-electron chi connectivity index (χ4n) is 1.27. The third kappa shape index (κ3) is 0.978. The number of hydrogen-bond acceptors (Lipinski definition) is 3. The molecule has 3 heteroatoms. The Morgan fingerprint density at radius 3 is 2.25 bits per heavy atom. The molecule has 1 heterocycles. The summed E-state index contributed by atoms with van der Waals surface area (Å²) in [6, 6.07) is 7.74. The van der Waals surface area contributed by atoms with E-state index in [2.05, 4.69) is 17.2 Å². The minimum Gasteiger partial charge on any atom is -0.399 e. The molecule has 0 unspecified atom stereocenters. The molecule has 1 aromatic carbocycles. The second-order valence-electron chi connectivity index (χ2n) is 2.99. The Balaban J connectivity index is 2.30. The predicted molar refractivity (Wildman–Crippen MR) is 47.7 cm³/mol. The number of anilines is 1. The molecule has 12 heavy (non-hydrogen) atoms. The summed E-state index contributed by atoms with van der Waals surface area (Å²) in [5.74, 6) is 0. The van der Waals surface area contributed by atoms with Crippen molar-refractivity contribution in [3.8, 4) is 0 Å². The Kier molecular flexibility index (Phi) is 1.40. The lowest BCUT2D eigenvalue weighted by Crippen LogP contribution is -2.05. The molecule has 1 aliphatic rings. The van der Waals surface area contributed by atoms with E-state index in [9.17, 15) is 0 Å². The number of nitrogens with two attached hydrogens (primary N) is 1. The number of benzene rings is 1. The molecule has 0 amide bonds. The van der Waals surface area contributed by atoms with E-state index < -0.39 is 0 Å². The van der Waals surface area contributed by atoms with Gasteiger partial charge in [0.15, 0.2) is 0 Å². The van der Waals surface area contributed by atoms with Gasteiger partial charge in [-0.1, -0.05) is 19.1 Å². The highest BCUT2D eigenvalue weighted by atomic mass is 15.4. The minimum atomic E-state index is -0.228. The number of hydrogen-bond donors (Lipinski definition) is 1. The largest absolute Gasteiger partial charge is 0.399 e. The monoisotopic (exact) mass is 161 g/mol. The molecule has 0 saturated heterocycles. The van der Waals surface area contributed by atoms with Crippen LogP contribution in [-0.4, -0.2) is 0 Å². The van der Waals surface area contributed by atoms with Crippen molar-refractivity contribution in [3.05, 3.63) is 29.8 Å². The third-order valence-corrected chi connectivity index (χ3v) is 2.21. The van der Waals surface area contributed by atoms with Crippen LogP contribution >= 0.6 is 0 Å². The van der Waals surface area contributed by atoms with E-state index in [4.69, 9.17) is 5.73 Å². The third-order valence-electron chi connectivity index (χ3n) is 2.21. The van der Waals surface area contributed by atoms with Gasteiger partial charge in [-0.05, 0) is 18.6 Å². The van der Waals surface area contributed by atoms with Gasteiger partial charge < -0.3 is 5.73 Å². The standard InChI is InChI=1S/C9H11N3/c1-2-9(11-12-9)7-3-5-8(10)6-4-7/h3-6H,2,10H2,1H3. The van der Waals surface area contributed by atoms with Gasteiger partial charge in [-0.25, -0.2) is 0 Å². The number of nitrogens with zero attached hydrogens (tertiary/aromatic N) is 2. The van der Waals surface area contributed by atoms with Crippen molar-refractivity contribution in [2.24, 2.45) is 10.2 Å². The first kappa shape index (κ1) is 7.28. The molecular formula is C9H11N3. The predicted octanol–water partition coefficient (Wildman–Crippen LogP) is 2.30. The van der Waals surface area contributed by atoms with Gasteiger partial charge >= 0.3 is 0 Å². The van der Waals surface area contributed by atoms with Crippen LogP contribution < -0.4 is 5.73 Å². The zero-order valence-electron chi connectivity index (χ0n) is 6.99. The molecule has 0 radical (unpaired) electrons. The molecule has 0 aliphatic carbocycles. The quantitative estimate of drug-likeness (QED) is 0.665. The molecule has 2 rings (SSSR count). The average Bonchev–Trinajstić information content (AvgIpc) is 2.86. The maximum atomic E-state index is 5.57. The smallest absolute Gasteiger partial charge is 0.215 e. The zero-order chi connectivity index (χ0) is 8.60. The fraction of sp³-hybridized carbons (Fsp3) is 0.333. The second kappa shape index (κ2) is 2.30.